The highest BCUT2D eigenvalue weighted by Gasteiger charge is 2.06. The molecule has 0 radical (unpaired) electrons. The average molecular weight is 229 g/mol. The van der Waals surface area contributed by atoms with Crippen molar-refractivity contribution < 1.29 is 5.11 Å². The van der Waals surface area contributed by atoms with Gasteiger partial charge in [-0.3, -0.25) is 0 Å². The first-order chi connectivity index (χ1) is 5.77. The fraction of sp³-hybridized carbons (Fsp3) is 0.400. The van der Waals surface area contributed by atoms with Crippen molar-refractivity contribution >= 4 is 15.9 Å². The Morgan fingerprint density at radius 1 is 1.33 bits per heavy atom. The summed E-state index contributed by atoms with van der Waals surface area (Å²) in [5, 5.41) is 9.04. The van der Waals surface area contributed by atoms with E-state index >= 15 is 0 Å². The molecule has 0 saturated heterocycles. The molecule has 2 heteroatoms. The van der Waals surface area contributed by atoms with E-state index in [1.54, 1.807) is 0 Å². The third-order valence-corrected chi connectivity index (χ3v) is 2.58. The van der Waals surface area contributed by atoms with Gasteiger partial charge in [0, 0.05) is 17.0 Å². The van der Waals surface area contributed by atoms with Crippen molar-refractivity contribution in [3.05, 3.63) is 34.3 Å². The third kappa shape index (κ3) is 2.32. The smallest absolute Gasteiger partial charge is 0.0499 e. The molecule has 0 aliphatic rings. The van der Waals surface area contributed by atoms with Gasteiger partial charge in [-0.25, -0.2) is 0 Å². The Morgan fingerprint density at radius 2 is 1.92 bits per heavy atom. The van der Waals surface area contributed by atoms with Crippen LogP contribution in [0, 0.1) is 0 Å². The number of hydrogen-bond acceptors (Lipinski definition) is 1. The van der Waals surface area contributed by atoms with Gasteiger partial charge < -0.3 is 5.11 Å². The molecule has 0 aromatic heterocycles. The van der Waals surface area contributed by atoms with Crippen molar-refractivity contribution in [1.29, 1.82) is 0 Å². The monoisotopic (exact) mass is 228 g/mol. The van der Waals surface area contributed by atoms with Gasteiger partial charge in [0.15, 0.2) is 0 Å². The Bertz CT molecular complexity index is 226. The molecular formula is C10H13BrO. The van der Waals surface area contributed by atoms with Gasteiger partial charge in [0.05, 0.1) is 0 Å². The van der Waals surface area contributed by atoms with Crippen LogP contribution in [0.2, 0.25) is 0 Å². The number of halogens is 1. The molecule has 1 aromatic rings. The van der Waals surface area contributed by atoms with Crippen molar-refractivity contribution in [3.63, 3.8) is 0 Å². The summed E-state index contributed by atoms with van der Waals surface area (Å²) in [6.45, 7) is 2.32. The minimum Gasteiger partial charge on any atom is -0.396 e. The lowest BCUT2D eigenvalue weighted by Crippen LogP contribution is -2.01. The van der Waals surface area contributed by atoms with Crippen LogP contribution in [0.25, 0.3) is 0 Å². The standard InChI is InChI=1S/C10H13BrO/c1-2-8(7-12)9-3-5-10(11)6-4-9/h3-6,8,12H,2,7H2,1H3. The Labute approximate surface area is 81.6 Å². The van der Waals surface area contributed by atoms with Crippen LogP contribution < -0.4 is 0 Å². The quantitative estimate of drug-likeness (QED) is 0.844. The van der Waals surface area contributed by atoms with Gasteiger partial charge >= 0.3 is 0 Å². The summed E-state index contributed by atoms with van der Waals surface area (Å²) in [5.41, 5.74) is 1.21. The molecule has 1 N–H and O–H groups in total. The minimum atomic E-state index is 0.234. The van der Waals surface area contributed by atoms with Crippen molar-refractivity contribution in [2.24, 2.45) is 0 Å². The van der Waals surface area contributed by atoms with Crippen LogP contribution in [0.3, 0.4) is 0 Å². The molecule has 1 unspecified atom stereocenters. The molecule has 0 aliphatic carbocycles. The lowest BCUT2D eigenvalue weighted by Gasteiger charge is -2.11. The summed E-state index contributed by atoms with van der Waals surface area (Å²) in [5.74, 6) is 0.290. The highest BCUT2D eigenvalue weighted by molar-refractivity contribution is 9.10. The van der Waals surface area contributed by atoms with E-state index < -0.39 is 0 Å². The molecule has 12 heavy (non-hydrogen) atoms. The maximum Gasteiger partial charge on any atom is 0.0499 e. The van der Waals surface area contributed by atoms with E-state index in [-0.39, 0.29) is 12.5 Å². The predicted molar refractivity (Wildman–Crippen MR) is 54.3 cm³/mol. The van der Waals surface area contributed by atoms with Gasteiger partial charge in [0.25, 0.3) is 0 Å². The molecule has 0 aliphatic heterocycles. The molecule has 0 amide bonds. The van der Waals surface area contributed by atoms with E-state index in [1.807, 2.05) is 12.1 Å². The van der Waals surface area contributed by atoms with Crippen LogP contribution in [0.1, 0.15) is 24.8 Å². The van der Waals surface area contributed by atoms with E-state index in [0.29, 0.717) is 0 Å². The van der Waals surface area contributed by atoms with E-state index in [9.17, 15) is 0 Å². The van der Waals surface area contributed by atoms with Gasteiger partial charge in [-0.1, -0.05) is 35.0 Å². The molecular weight excluding hydrogens is 216 g/mol. The lowest BCUT2D eigenvalue weighted by atomic mass is 9.98. The van der Waals surface area contributed by atoms with Gasteiger partial charge in [-0.05, 0) is 24.1 Å². The number of aliphatic hydroxyl groups excluding tert-OH is 1. The maximum atomic E-state index is 9.04. The first kappa shape index (κ1) is 9.75. The lowest BCUT2D eigenvalue weighted by molar-refractivity contribution is 0.262. The largest absolute Gasteiger partial charge is 0.396 e. The highest BCUT2D eigenvalue weighted by Crippen LogP contribution is 2.20. The van der Waals surface area contributed by atoms with Crippen molar-refractivity contribution in [2.45, 2.75) is 19.3 Å². The SMILES string of the molecule is CCC(CO)c1ccc(Br)cc1. The normalized spacial score (nSPS) is 12.9. The fourth-order valence-corrected chi connectivity index (χ4v) is 1.47. The number of rotatable bonds is 3. The minimum absolute atomic E-state index is 0.234. The second kappa shape index (κ2) is 4.63. The van der Waals surface area contributed by atoms with Gasteiger partial charge in [-0.15, -0.1) is 0 Å². The third-order valence-electron chi connectivity index (χ3n) is 2.05. The fourth-order valence-electron chi connectivity index (χ4n) is 1.21. The summed E-state index contributed by atoms with van der Waals surface area (Å²) in [4.78, 5) is 0. The summed E-state index contributed by atoms with van der Waals surface area (Å²) in [7, 11) is 0. The molecule has 1 rings (SSSR count). The predicted octanol–water partition coefficient (Wildman–Crippen LogP) is 2.94. The van der Waals surface area contributed by atoms with Gasteiger partial charge in [0.2, 0.25) is 0 Å². The molecule has 0 spiro atoms. The molecule has 0 fully saturated rings. The molecule has 0 bridgehead atoms. The summed E-state index contributed by atoms with van der Waals surface area (Å²) in [6.07, 6.45) is 0.984. The first-order valence-corrected chi connectivity index (χ1v) is 4.93. The van der Waals surface area contributed by atoms with Crippen LogP contribution in [0.5, 0.6) is 0 Å². The zero-order chi connectivity index (χ0) is 8.97. The Balaban J connectivity index is 2.80. The van der Waals surface area contributed by atoms with Crippen molar-refractivity contribution in [1.82, 2.24) is 0 Å². The second-order valence-electron chi connectivity index (χ2n) is 2.84. The number of aliphatic hydroxyl groups is 1. The van der Waals surface area contributed by atoms with E-state index in [4.69, 9.17) is 5.11 Å². The second-order valence-corrected chi connectivity index (χ2v) is 3.75. The molecule has 66 valence electrons. The van der Waals surface area contributed by atoms with Crippen LogP contribution in [0.15, 0.2) is 28.7 Å². The van der Waals surface area contributed by atoms with Crippen molar-refractivity contribution in [3.8, 4) is 0 Å². The summed E-state index contributed by atoms with van der Waals surface area (Å²) < 4.78 is 1.08. The van der Waals surface area contributed by atoms with Crippen LogP contribution in [0.4, 0.5) is 0 Å². The van der Waals surface area contributed by atoms with Crippen LogP contribution >= 0.6 is 15.9 Å². The average Bonchev–Trinajstić information content (AvgIpc) is 2.10. The molecule has 0 saturated carbocycles. The van der Waals surface area contributed by atoms with E-state index in [2.05, 4.69) is 35.0 Å². The Hall–Kier alpha value is -0.340. The number of hydrogen-bond donors (Lipinski definition) is 1. The highest BCUT2D eigenvalue weighted by atomic mass is 79.9. The molecule has 0 heterocycles. The Kier molecular flexibility index (Phi) is 3.76. The molecule has 1 aromatic carbocycles. The van der Waals surface area contributed by atoms with E-state index in [1.165, 1.54) is 5.56 Å². The van der Waals surface area contributed by atoms with Crippen LogP contribution in [-0.2, 0) is 0 Å². The molecule has 1 nitrogen and oxygen atoms in total. The maximum absolute atomic E-state index is 9.04. The first-order valence-electron chi connectivity index (χ1n) is 4.14. The zero-order valence-corrected chi connectivity index (χ0v) is 8.71. The number of benzene rings is 1. The topological polar surface area (TPSA) is 20.2 Å². The zero-order valence-electron chi connectivity index (χ0n) is 7.13. The Morgan fingerprint density at radius 3 is 2.33 bits per heavy atom. The van der Waals surface area contributed by atoms with Crippen molar-refractivity contribution in [2.75, 3.05) is 6.61 Å². The van der Waals surface area contributed by atoms with E-state index in [0.717, 1.165) is 10.9 Å². The van der Waals surface area contributed by atoms with Gasteiger partial charge in [-0.2, -0.15) is 0 Å². The summed E-state index contributed by atoms with van der Waals surface area (Å²) >= 11 is 3.38. The van der Waals surface area contributed by atoms with Gasteiger partial charge in [0.1, 0.15) is 0 Å². The summed E-state index contributed by atoms with van der Waals surface area (Å²) in [6, 6.07) is 8.12. The van der Waals surface area contributed by atoms with Crippen LogP contribution in [-0.4, -0.2) is 11.7 Å². The molecule has 1 atom stereocenters.